The first kappa shape index (κ1) is 7.19. The van der Waals surface area contributed by atoms with E-state index in [0.717, 1.165) is 12.8 Å². The molecule has 0 fully saturated rings. The minimum atomic E-state index is 0.146. The molecule has 1 aliphatic rings. The monoisotopic (exact) mass is 159 g/mol. The lowest BCUT2D eigenvalue weighted by molar-refractivity contribution is 0.714. The van der Waals surface area contributed by atoms with Crippen LogP contribution in [0.3, 0.4) is 0 Å². The zero-order valence-corrected chi connectivity index (χ0v) is 6.64. The molecule has 0 atom stereocenters. The van der Waals surface area contributed by atoms with Crippen molar-refractivity contribution in [2.75, 3.05) is 0 Å². The predicted molar refractivity (Wildman–Crippen MR) is 46.8 cm³/mol. The smallest absolute Gasteiger partial charge is 0.0454 e. The molecular formula is C9H9N3. The maximum Gasteiger partial charge on any atom is 0.0454 e. The van der Waals surface area contributed by atoms with Gasteiger partial charge in [-0.2, -0.15) is 0 Å². The summed E-state index contributed by atoms with van der Waals surface area (Å²) in [6, 6.07) is 8.39. The minimum absolute atomic E-state index is 0.146. The Hall–Kier alpha value is -1.47. The zero-order valence-electron chi connectivity index (χ0n) is 6.64. The fourth-order valence-corrected chi connectivity index (χ4v) is 1.69. The first-order chi connectivity index (χ1) is 5.90. The predicted octanol–water partition coefficient (Wildman–Crippen LogP) is 2.46. The van der Waals surface area contributed by atoms with Crippen LogP contribution in [0.15, 0.2) is 29.4 Å². The summed E-state index contributed by atoms with van der Waals surface area (Å²) in [6.45, 7) is 0. The highest BCUT2D eigenvalue weighted by Gasteiger charge is 2.18. The van der Waals surface area contributed by atoms with Gasteiger partial charge in [-0.25, -0.2) is 0 Å². The number of azide groups is 1. The third-order valence-corrected chi connectivity index (χ3v) is 2.24. The van der Waals surface area contributed by atoms with Gasteiger partial charge < -0.3 is 0 Å². The number of benzene rings is 1. The van der Waals surface area contributed by atoms with E-state index in [0.29, 0.717) is 0 Å². The molecule has 12 heavy (non-hydrogen) atoms. The van der Waals surface area contributed by atoms with E-state index in [4.69, 9.17) is 5.53 Å². The second-order valence-electron chi connectivity index (χ2n) is 3.04. The molecule has 0 unspecified atom stereocenters. The zero-order chi connectivity index (χ0) is 8.39. The molecule has 0 N–H and O–H groups in total. The van der Waals surface area contributed by atoms with Gasteiger partial charge in [0.05, 0.1) is 0 Å². The maximum atomic E-state index is 8.26. The van der Waals surface area contributed by atoms with Gasteiger partial charge in [0.25, 0.3) is 0 Å². The van der Waals surface area contributed by atoms with Crippen molar-refractivity contribution in [3.8, 4) is 0 Å². The minimum Gasteiger partial charge on any atom is -0.0899 e. The number of hydrogen-bond acceptors (Lipinski definition) is 1. The largest absolute Gasteiger partial charge is 0.0899 e. The summed E-state index contributed by atoms with van der Waals surface area (Å²) in [5.41, 5.74) is 10.9. The summed E-state index contributed by atoms with van der Waals surface area (Å²) in [6.07, 6.45) is 1.81. The van der Waals surface area contributed by atoms with Crippen molar-refractivity contribution in [1.29, 1.82) is 0 Å². The van der Waals surface area contributed by atoms with Gasteiger partial charge >= 0.3 is 0 Å². The van der Waals surface area contributed by atoms with Crippen molar-refractivity contribution in [1.82, 2.24) is 0 Å². The molecule has 1 aliphatic carbocycles. The van der Waals surface area contributed by atoms with Crippen LogP contribution in [-0.2, 0) is 12.8 Å². The van der Waals surface area contributed by atoms with Crippen molar-refractivity contribution in [2.24, 2.45) is 5.11 Å². The van der Waals surface area contributed by atoms with Crippen LogP contribution < -0.4 is 0 Å². The highest BCUT2D eigenvalue weighted by molar-refractivity contribution is 5.33. The van der Waals surface area contributed by atoms with E-state index in [9.17, 15) is 0 Å². The van der Waals surface area contributed by atoms with Gasteiger partial charge in [-0.15, -0.1) is 0 Å². The number of fused-ring (bicyclic) bond motifs is 1. The first-order valence-corrected chi connectivity index (χ1v) is 4.01. The van der Waals surface area contributed by atoms with Gasteiger partial charge in [0.1, 0.15) is 0 Å². The summed E-state index contributed by atoms with van der Waals surface area (Å²) >= 11 is 0. The Kier molecular flexibility index (Phi) is 1.72. The summed E-state index contributed by atoms with van der Waals surface area (Å²) in [5, 5.41) is 3.72. The lowest BCUT2D eigenvalue weighted by Gasteiger charge is -1.94. The van der Waals surface area contributed by atoms with Crippen molar-refractivity contribution >= 4 is 0 Å². The summed E-state index contributed by atoms with van der Waals surface area (Å²) in [4.78, 5) is 2.83. The van der Waals surface area contributed by atoms with Crippen molar-refractivity contribution in [2.45, 2.75) is 18.9 Å². The second kappa shape index (κ2) is 2.88. The van der Waals surface area contributed by atoms with Crippen molar-refractivity contribution < 1.29 is 0 Å². The highest BCUT2D eigenvalue weighted by Crippen LogP contribution is 2.23. The average Bonchev–Trinajstić information content (AvgIpc) is 2.47. The molecule has 2 rings (SSSR count). The van der Waals surface area contributed by atoms with Gasteiger partial charge in [-0.05, 0) is 29.5 Å². The molecule has 3 nitrogen and oxygen atoms in total. The van der Waals surface area contributed by atoms with E-state index < -0.39 is 0 Å². The second-order valence-corrected chi connectivity index (χ2v) is 3.04. The Balaban J connectivity index is 2.27. The molecule has 0 aliphatic heterocycles. The Labute approximate surface area is 70.7 Å². The number of rotatable bonds is 1. The summed E-state index contributed by atoms with van der Waals surface area (Å²) in [5.74, 6) is 0. The van der Waals surface area contributed by atoms with Crippen LogP contribution in [0.2, 0.25) is 0 Å². The van der Waals surface area contributed by atoms with Gasteiger partial charge in [0, 0.05) is 11.0 Å². The molecule has 3 heteroatoms. The van der Waals surface area contributed by atoms with Crippen molar-refractivity contribution in [3.05, 3.63) is 45.8 Å². The van der Waals surface area contributed by atoms with Gasteiger partial charge in [0.2, 0.25) is 0 Å². The van der Waals surface area contributed by atoms with Gasteiger partial charge in [-0.3, -0.25) is 0 Å². The van der Waals surface area contributed by atoms with Crippen LogP contribution in [0.4, 0.5) is 0 Å². The van der Waals surface area contributed by atoms with Crippen LogP contribution in [0, 0.1) is 0 Å². The number of hydrogen-bond donors (Lipinski definition) is 0. The van der Waals surface area contributed by atoms with Crippen LogP contribution in [0.1, 0.15) is 11.1 Å². The Morgan fingerprint density at radius 2 is 1.83 bits per heavy atom. The lowest BCUT2D eigenvalue weighted by Crippen LogP contribution is -2.00. The van der Waals surface area contributed by atoms with Gasteiger partial charge in [-0.1, -0.05) is 29.4 Å². The molecule has 0 saturated heterocycles. The standard InChI is InChI=1S/C9H9N3/c10-12-11-9-5-7-3-1-2-4-8(7)6-9/h1-4,9H,5-6H2. The van der Waals surface area contributed by atoms with Gasteiger partial charge in [0.15, 0.2) is 0 Å². The molecule has 0 saturated carbocycles. The van der Waals surface area contributed by atoms with E-state index in [2.05, 4.69) is 22.2 Å². The molecule has 1 aromatic rings. The molecule has 0 heterocycles. The van der Waals surface area contributed by atoms with Crippen LogP contribution in [0.5, 0.6) is 0 Å². The van der Waals surface area contributed by atoms with Crippen LogP contribution in [-0.4, -0.2) is 6.04 Å². The maximum absolute atomic E-state index is 8.26. The van der Waals surface area contributed by atoms with E-state index in [1.54, 1.807) is 0 Å². The van der Waals surface area contributed by atoms with E-state index in [1.165, 1.54) is 11.1 Å². The molecular weight excluding hydrogens is 150 g/mol. The average molecular weight is 159 g/mol. The molecule has 0 radical (unpaired) electrons. The number of nitrogens with zero attached hydrogens (tertiary/aromatic N) is 3. The van der Waals surface area contributed by atoms with E-state index in [1.807, 2.05) is 12.1 Å². The SMILES string of the molecule is [N-]=[N+]=NC1Cc2ccccc2C1. The summed E-state index contributed by atoms with van der Waals surface area (Å²) < 4.78 is 0. The molecule has 60 valence electrons. The lowest BCUT2D eigenvalue weighted by atomic mass is 10.1. The third kappa shape index (κ3) is 1.15. The van der Waals surface area contributed by atoms with Crippen LogP contribution in [0.25, 0.3) is 10.4 Å². The fourth-order valence-electron chi connectivity index (χ4n) is 1.69. The molecule has 0 amide bonds. The fraction of sp³-hybridized carbons (Fsp3) is 0.333. The third-order valence-electron chi connectivity index (χ3n) is 2.24. The molecule has 1 aromatic carbocycles. The first-order valence-electron chi connectivity index (χ1n) is 4.01. The normalized spacial score (nSPS) is 15.3. The van der Waals surface area contributed by atoms with Crippen LogP contribution >= 0.6 is 0 Å². The van der Waals surface area contributed by atoms with E-state index in [-0.39, 0.29) is 6.04 Å². The molecule has 0 aromatic heterocycles. The Bertz CT molecular complexity index is 314. The molecule has 0 spiro atoms. The Morgan fingerprint density at radius 1 is 1.25 bits per heavy atom. The Morgan fingerprint density at radius 3 is 2.33 bits per heavy atom. The quantitative estimate of drug-likeness (QED) is 0.343. The topological polar surface area (TPSA) is 48.8 Å². The van der Waals surface area contributed by atoms with Crippen molar-refractivity contribution in [3.63, 3.8) is 0 Å². The summed E-state index contributed by atoms with van der Waals surface area (Å²) in [7, 11) is 0. The van der Waals surface area contributed by atoms with E-state index >= 15 is 0 Å². The highest BCUT2D eigenvalue weighted by atomic mass is 15.1. The molecule has 0 bridgehead atoms.